The van der Waals surface area contributed by atoms with E-state index in [2.05, 4.69) is 4.98 Å². The molecular formula is C12H7ClFNO2. The summed E-state index contributed by atoms with van der Waals surface area (Å²) in [5.74, 6) is -1.07. The maximum Gasteiger partial charge on any atom is 0.222 e. The van der Waals surface area contributed by atoms with Gasteiger partial charge in [-0.1, -0.05) is 23.7 Å². The summed E-state index contributed by atoms with van der Waals surface area (Å²) in [4.78, 5) is 14.1. The van der Waals surface area contributed by atoms with Gasteiger partial charge in [-0.15, -0.1) is 0 Å². The first-order chi connectivity index (χ1) is 8.13. The molecule has 0 fully saturated rings. The Labute approximate surface area is 101 Å². The Morgan fingerprint density at radius 1 is 1.24 bits per heavy atom. The van der Waals surface area contributed by atoms with Crippen LogP contribution in [0.15, 0.2) is 30.3 Å². The van der Waals surface area contributed by atoms with E-state index in [1.54, 1.807) is 6.07 Å². The number of aromatic hydroxyl groups is 1. The maximum atomic E-state index is 13.6. The van der Waals surface area contributed by atoms with Gasteiger partial charge in [-0.2, -0.15) is 4.39 Å². The molecule has 3 nitrogen and oxygen atoms in total. The third kappa shape index (κ3) is 2.12. The standard InChI is InChI=1S/C12H7ClFNO2/c13-10-5-4-9(12(14)15-10)8-3-1-2-7(6-16)11(8)17/h1-6,17H. The van der Waals surface area contributed by atoms with Gasteiger partial charge in [0, 0.05) is 11.1 Å². The largest absolute Gasteiger partial charge is 0.507 e. The number of carbonyl (C=O) groups excluding carboxylic acids is 1. The summed E-state index contributed by atoms with van der Waals surface area (Å²) in [5, 5.41) is 9.80. The fourth-order valence-corrected chi connectivity index (χ4v) is 1.62. The fourth-order valence-electron chi connectivity index (χ4n) is 1.49. The smallest absolute Gasteiger partial charge is 0.222 e. The van der Waals surface area contributed by atoms with Crippen LogP contribution in [-0.2, 0) is 0 Å². The van der Waals surface area contributed by atoms with Crippen LogP contribution in [0.4, 0.5) is 4.39 Å². The molecule has 0 saturated heterocycles. The van der Waals surface area contributed by atoms with E-state index in [9.17, 15) is 14.3 Å². The summed E-state index contributed by atoms with van der Waals surface area (Å²) < 4.78 is 13.6. The number of phenols is 1. The van der Waals surface area contributed by atoms with E-state index in [0.717, 1.165) is 0 Å². The molecule has 0 saturated carbocycles. The molecule has 17 heavy (non-hydrogen) atoms. The summed E-state index contributed by atoms with van der Waals surface area (Å²) >= 11 is 5.53. The Morgan fingerprint density at radius 2 is 2.00 bits per heavy atom. The predicted molar refractivity (Wildman–Crippen MR) is 61.7 cm³/mol. The molecule has 1 aromatic heterocycles. The minimum absolute atomic E-state index is 0.0253. The normalized spacial score (nSPS) is 10.2. The Kier molecular flexibility index (Phi) is 3.06. The van der Waals surface area contributed by atoms with Crippen LogP contribution in [0.1, 0.15) is 10.4 Å². The van der Waals surface area contributed by atoms with Gasteiger partial charge in [0.25, 0.3) is 0 Å². The van der Waals surface area contributed by atoms with E-state index in [1.165, 1.54) is 24.3 Å². The number of carbonyl (C=O) groups is 1. The van der Waals surface area contributed by atoms with Gasteiger partial charge >= 0.3 is 0 Å². The number of pyridine rings is 1. The lowest BCUT2D eigenvalue weighted by molar-refractivity contribution is 0.112. The molecule has 0 radical (unpaired) electrons. The minimum atomic E-state index is -0.796. The van der Waals surface area contributed by atoms with Crippen LogP contribution in [0, 0.1) is 5.95 Å². The number of aromatic nitrogens is 1. The van der Waals surface area contributed by atoms with E-state index in [0.29, 0.717) is 6.29 Å². The van der Waals surface area contributed by atoms with E-state index < -0.39 is 5.95 Å². The first kappa shape index (κ1) is 11.5. The molecule has 0 aliphatic carbocycles. The number of hydrogen-bond acceptors (Lipinski definition) is 3. The van der Waals surface area contributed by atoms with Crippen molar-refractivity contribution in [1.82, 2.24) is 4.98 Å². The van der Waals surface area contributed by atoms with Crippen LogP contribution in [0.2, 0.25) is 5.15 Å². The first-order valence-corrected chi connectivity index (χ1v) is 5.11. The minimum Gasteiger partial charge on any atom is -0.507 e. The molecule has 0 unspecified atom stereocenters. The lowest BCUT2D eigenvalue weighted by Crippen LogP contribution is -1.91. The molecule has 1 heterocycles. The SMILES string of the molecule is O=Cc1cccc(-c2ccc(Cl)nc2F)c1O. The van der Waals surface area contributed by atoms with E-state index >= 15 is 0 Å². The molecule has 0 spiro atoms. The molecule has 0 aliphatic heterocycles. The van der Waals surface area contributed by atoms with Crippen LogP contribution in [0.3, 0.4) is 0 Å². The average molecular weight is 252 g/mol. The number of aldehydes is 1. The van der Waals surface area contributed by atoms with E-state index in [1.807, 2.05) is 0 Å². The number of nitrogens with zero attached hydrogens (tertiary/aromatic N) is 1. The molecular weight excluding hydrogens is 245 g/mol. The summed E-state index contributed by atoms with van der Waals surface area (Å²) in [5.41, 5.74) is 0.392. The van der Waals surface area contributed by atoms with Crippen LogP contribution >= 0.6 is 11.6 Å². The number of phenolic OH excluding ortho intramolecular Hbond substituents is 1. The quantitative estimate of drug-likeness (QED) is 0.659. The van der Waals surface area contributed by atoms with Gasteiger partial charge < -0.3 is 5.11 Å². The predicted octanol–water partition coefficient (Wildman–Crippen LogP) is 3.06. The molecule has 2 aromatic rings. The van der Waals surface area contributed by atoms with Crippen molar-refractivity contribution in [3.05, 3.63) is 47.0 Å². The number of hydrogen-bond donors (Lipinski definition) is 1. The van der Waals surface area contributed by atoms with Crippen molar-refractivity contribution >= 4 is 17.9 Å². The highest BCUT2D eigenvalue weighted by Crippen LogP contribution is 2.32. The fraction of sp³-hybridized carbons (Fsp3) is 0. The van der Waals surface area contributed by atoms with Crippen molar-refractivity contribution in [2.45, 2.75) is 0 Å². The summed E-state index contributed by atoms with van der Waals surface area (Å²) in [7, 11) is 0. The Bertz CT molecular complexity index is 587. The number of benzene rings is 1. The number of halogens is 2. The molecule has 2 rings (SSSR count). The second kappa shape index (κ2) is 4.51. The monoisotopic (exact) mass is 251 g/mol. The molecule has 1 aromatic carbocycles. The molecule has 0 atom stereocenters. The van der Waals surface area contributed by atoms with Crippen molar-refractivity contribution in [2.75, 3.05) is 0 Å². The summed E-state index contributed by atoms with van der Waals surface area (Å²) in [6.07, 6.45) is 0.500. The van der Waals surface area contributed by atoms with Gasteiger partial charge in [-0.05, 0) is 18.2 Å². The maximum absolute atomic E-state index is 13.6. The Balaban J connectivity index is 2.64. The molecule has 5 heteroatoms. The van der Waals surface area contributed by atoms with Gasteiger partial charge in [0.2, 0.25) is 5.95 Å². The molecule has 86 valence electrons. The highest BCUT2D eigenvalue weighted by atomic mass is 35.5. The summed E-state index contributed by atoms with van der Waals surface area (Å²) in [6, 6.07) is 7.29. The van der Waals surface area contributed by atoms with Crippen molar-refractivity contribution < 1.29 is 14.3 Å². The van der Waals surface area contributed by atoms with Gasteiger partial charge in [0.05, 0.1) is 5.56 Å². The van der Waals surface area contributed by atoms with Gasteiger partial charge in [-0.25, -0.2) is 4.98 Å². The summed E-state index contributed by atoms with van der Waals surface area (Å²) in [6.45, 7) is 0. The zero-order valence-corrected chi connectivity index (χ0v) is 9.28. The number of rotatable bonds is 2. The van der Waals surface area contributed by atoms with Crippen molar-refractivity contribution in [2.24, 2.45) is 0 Å². The van der Waals surface area contributed by atoms with Crippen LogP contribution in [0.5, 0.6) is 5.75 Å². The zero-order valence-electron chi connectivity index (χ0n) is 8.52. The Morgan fingerprint density at radius 3 is 2.65 bits per heavy atom. The van der Waals surface area contributed by atoms with Gasteiger partial charge in [0.15, 0.2) is 6.29 Å². The van der Waals surface area contributed by atoms with E-state index in [4.69, 9.17) is 11.6 Å². The van der Waals surface area contributed by atoms with Gasteiger partial charge in [-0.3, -0.25) is 4.79 Å². The molecule has 0 amide bonds. The molecule has 0 aliphatic rings. The first-order valence-electron chi connectivity index (χ1n) is 4.73. The molecule has 0 bridgehead atoms. The third-order valence-corrected chi connectivity index (χ3v) is 2.51. The van der Waals surface area contributed by atoms with Crippen LogP contribution in [0.25, 0.3) is 11.1 Å². The van der Waals surface area contributed by atoms with Crippen LogP contribution < -0.4 is 0 Å². The second-order valence-electron chi connectivity index (χ2n) is 3.33. The lowest BCUT2D eigenvalue weighted by Gasteiger charge is -2.07. The van der Waals surface area contributed by atoms with Gasteiger partial charge in [0.1, 0.15) is 10.9 Å². The highest BCUT2D eigenvalue weighted by Gasteiger charge is 2.13. The lowest BCUT2D eigenvalue weighted by atomic mass is 10.0. The van der Waals surface area contributed by atoms with Crippen LogP contribution in [-0.4, -0.2) is 16.4 Å². The average Bonchev–Trinajstić information content (AvgIpc) is 2.30. The van der Waals surface area contributed by atoms with Crippen molar-refractivity contribution in [1.29, 1.82) is 0 Å². The highest BCUT2D eigenvalue weighted by molar-refractivity contribution is 6.29. The van der Waals surface area contributed by atoms with Crippen molar-refractivity contribution in [3.8, 4) is 16.9 Å². The molecule has 1 N–H and O–H groups in total. The second-order valence-corrected chi connectivity index (χ2v) is 3.72. The number of para-hydroxylation sites is 1. The van der Waals surface area contributed by atoms with E-state index in [-0.39, 0.29) is 27.6 Å². The third-order valence-electron chi connectivity index (χ3n) is 2.30. The Hall–Kier alpha value is -1.94. The van der Waals surface area contributed by atoms with Crippen molar-refractivity contribution in [3.63, 3.8) is 0 Å². The zero-order chi connectivity index (χ0) is 12.4. The topological polar surface area (TPSA) is 50.2 Å².